The molecule has 1 rings (SSSR count). The molecule has 0 radical (unpaired) electrons. The molecule has 35 heavy (non-hydrogen) atoms. The average molecular weight is 507 g/mol. The maximum absolute atomic E-state index is 12.1. The Hall–Kier alpha value is -1.49. The molecule has 0 N–H and O–H groups in total. The molecule has 0 amide bonds. The van der Waals surface area contributed by atoms with Crippen LogP contribution in [-0.4, -0.2) is 30.1 Å². The van der Waals surface area contributed by atoms with Crippen LogP contribution in [-0.2, 0) is 25.7 Å². The van der Waals surface area contributed by atoms with Crippen LogP contribution >= 0.6 is 11.8 Å². The van der Waals surface area contributed by atoms with Gasteiger partial charge in [0.25, 0.3) is 0 Å². The van der Waals surface area contributed by atoms with Crippen molar-refractivity contribution in [1.29, 1.82) is 0 Å². The zero-order valence-electron chi connectivity index (χ0n) is 22.8. The van der Waals surface area contributed by atoms with Gasteiger partial charge in [-0.15, -0.1) is 0 Å². The molecule has 0 spiro atoms. The third-order valence-corrected chi connectivity index (χ3v) is 7.75. The molecule has 2 unspecified atom stereocenters. The van der Waals surface area contributed by atoms with Crippen LogP contribution in [0.4, 0.5) is 0 Å². The van der Waals surface area contributed by atoms with E-state index in [1.165, 1.54) is 56.9 Å². The molecule has 0 aliphatic carbocycles. The Morgan fingerprint density at radius 1 is 0.829 bits per heavy atom. The third kappa shape index (κ3) is 16.0. The van der Waals surface area contributed by atoms with E-state index in [2.05, 4.69) is 32.9 Å². The van der Waals surface area contributed by atoms with Gasteiger partial charge < -0.3 is 9.47 Å². The topological polar surface area (TPSA) is 52.6 Å². The van der Waals surface area contributed by atoms with E-state index in [4.69, 9.17) is 9.47 Å². The molecule has 1 aromatic rings. The number of benzene rings is 1. The molecule has 1 aromatic carbocycles. The van der Waals surface area contributed by atoms with Crippen LogP contribution in [0.25, 0.3) is 0 Å². The molecule has 0 saturated heterocycles. The smallest absolute Gasteiger partial charge is 0.309 e. The monoisotopic (exact) mass is 506 g/mol. The molecular formula is C30H50O4S. The van der Waals surface area contributed by atoms with E-state index in [1.807, 2.05) is 19.1 Å². The second kappa shape index (κ2) is 20.7. The van der Waals surface area contributed by atoms with E-state index < -0.39 is 0 Å². The van der Waals surface area contributed by atoms with Crippen molar-refractivity contribution in [1.82, 2.24) is 0 Å². The molecule has 5 heteroatoms. The number of carbonyl (C=O) groups is 2. The summed E-state index contributed by atoms with van der Waals surface area (Å²) in [5, 5.41) is 0. The summed E-state index contributed by atoms with van der Waals surface area (Å²) in [6, 6.07) is 8.30. The van der Waals surface area contributed by atoms with Gasteiger partial charge in [0, 0.05) is 11.5 Å². The largest absolute Gasteiger partial charge is 0.465 e. The lowest BCUT2D eigenvalue weighted by Gasteiger charge is -2.11. The summed E-state index contributed by atoms with van der Waals surface area (Å²) in [5.41, 5.74) is 2.33. The summed E-state index contributed by atoms with van der Waals surface area (Å²) in [4.78, 5) is 24.2. The van der Waals surface area contributed by atoms with Crippen molar-refractivity contribution in [2.45, 2.75) is 117 Å². The zero-order valence-corrected chi connectivity index (χ0v) is 23.6. The van der Waals surface area contributed by atoms with Gasteiger partial charge in [0.1, 0.15) is 6.61 Å². The fourth-order valence-electron chi connectivity index (χ4n) is 3.80. The van der Waals surface area contributed by atoms with Gasteiger partial charge in [0.2, 0.25) is 0 Å². The minimum absolute atomic E-state index is 0.128. The predicted molar refractivity (Wildman–Crippen MR) is 149 cm³/mol. The van der Waals surface area contributed by atoms with Crippen LogP contribution < -0.4 is 0 Å². The van der Waals surface area contributed by atoms with Crippen molar-refractivity contribution in [3.63, 3.8) is 0 Å². The number of hydrogen-bond acceptors (Lipinski definition) is 5. The Morgan fingerprint density at radius 3 is 2.03 bits per heavy atom. The summed E-state index contributed by atoms with van der Waals surface area (Å²) in [6.45, 7) is 9.38. The molecule has 0 saturated carbocycles. The Bertz CT molecular complexity index is 673. The minimum atomic E-state index is -0.195. The Kier molecular flexibility index (Phi) is 18.6. The van der Waals surface area contributed by atoms with Crippen molar-refractivity contribution in [3.05, 3.63) is 35.4 Å². The predicted octanol–water partition coefficient (Wildman–Crippen LogP) is 8.47. The maximum Gasteiger partial charge on any atom is 0.309 e. The van der Waals surface area contributed by atoms with Gasteiger partial charge in [-0.3, -0.25) is 9.59 Å². The van der Waals surface area contributed by atoms with Crippen LogP contribution in [0.3, 0.4) is 0 Å². The summed E-state index contributed by atoms with van der Waals surface area (Å²) in [6.07, 6.45) is 14.2. The second-order valence-electron chi connectivity index (χ2n) is 9.79. The lowest BCUT2D eigenvalue weighted by Crippen LogP contribution is -2.18. The van der Waals surface area contributed by atoms with Crippen LogP contribution in [0, 0.1) is 5.92 Å². The van der Waals surface area contributed by atoms with E-state index in [-0.39, 0.29) is 17.9 Å². The highest BCUT2D eigenvalue weighted by atomic mass is 32.2. The van der Waals surface area contributed by atoms with Crippen LogP contribution in [0.2, 0.25) is 0 Å². The van der Waals surface area contributed by atoms with Gasteiger partial charge in [-0.2, -0.15) is 11.8 Å². The van der Waals surface area contributed by atoms with Gasteiger partial charge in [-0.05, 0) is 29.9 Å². The lowest BCUT2D eigenvalue weighted by molar-refractivity contribution is -0.147. The number of carbonyl (C=O) groups excluding carboxylic acids is 2. The first-order valence-electron chi connectivity index (χ1n) is 14.0. The molecule has 0 heterocycles. The lowest BCUT2D eigenvalue weighted by atomic mass is 9.98. The zero-order chi connectivity index (χ0) is 25.7. The van der Waals surface area contributed by atoms with Crippen molar-refractivity contribution in [2.24, 2.45) is 5.92 Å². The van der Waals surface area contributed by atoms with Crippen molar-refractivity contribution >= 4 is 23.7 Å². The summed E-state index contributed by atoms with van der Waals surface area (Å²) >= 11 is 1.61. The molecule has 4 nitrogen and oxygen atoms in total. The van der Waals surface area contributed by atoms with E-state index in [1.54, 1.807) is 11.8 Å². The summed E-state index contributed by atoms with van der Waals surface area (Å²) < 4.78 is 10.8. The summed E-state index contributed by atoms with van der Waals surface area (Å²) in [5.74, 6) is 1.39. The molecule has 0 aliphatic heterocycles. The van der Waals surface area contributed by atoms with Crippen molar-refractivity contribution < 1.29 is 19.1 Å². The second-order valence-corrected chi connectivity index (χ2v) is 10.9. The first-order valence-corrected chi connectivity index (χ1v) is 15.1. The number of hydrogen-bond donors (Lipinski definition) is 0. The van der Waals surface area contributed by atoms with Crippen molar-refractivity contribution in [3.8, 4) is 0 Å². The first kappa shape index (κ1) is 31.5. The normalized spacial score (nSPS) is 12.8. The van der Waals surface area contributed by atoms with E-state index in [0.29, 0.717) is 37.1 Å². The fraction of sp³-hybridized carbons (Fsp3) is 0.733. The minimum Gasteiger partial charge on any atom is -0.465 e. The highest BCUT2D eigenvalue weighted by molar-refractivity contribution is 7.99. The highest BCUT2D eigenvalue weighted by Gasteiger charge is 2.15. The molecule has 2 atom stereocenters. The fourth-order valence-corrected chi connectivity index (χ4v) is 4.77. The van der Waals surface area contributed by atoms with Gasteiger partial charge in [0.15, 0.2) is 0 Å². The molecular weight excluding hydrogens is 456 g/mol. The van der Waals surface area contributed by atoms with Crippen LogP contribution in [0.5, 0.6) is 0 Å². The number of thioether (sulfide) groups is 1. The quantitative estimate of drug-likeness (QED) is 0.124. The van der Waals surface area contributed by atoms with Crippen LogP contribution in [0.1, 0.15) is 122 Å². The van der Waals surface area contributed by atoms with E-state index in [9.17, 15) is 9.59 Å². The Labute approximate surface area is 219 Å². The van der Waals surface area contributed by atoms with Gasteiger partial charge in [-0.25, -0.2) is 0 Å². The highest BCUT2D eigenvalue weighted by Crippen LogP contribution is 2.19. The third-order valence-electron chi connectivity index (χ3n) is 6.52. The SMILES string of the molecule is CCCCCCCCCCCCOC(=O)C(C)CSCCC(=O)OCc1ccc(C(C)CC)cc1. The Morgan fingerprint density at radius 2 is 1.43 bits per heavy atom. The average Bonchev–Trinajstić information content (AvgIpc) is 2.88. The molecule has 0 fully saturated rings. The molecule has 0 aromatic heterocycles. The van der Waals surface area contributed by atoms with Gasteiger partial charge >= 0.3 is 11.9 Å². The first-order chi connectivity index (χ1) is 17.0. The Balaban J connectivity index is 2.00. The molecule has 0 aliphatic rings. The number of esters is 2. The number of rotatable bonds is 21. The molecule has 0 bridgehead atoms. The molecule has 200 valence electrons. The van der Waals surface area contributed by atoms with Crippen LogP contribution in [0.15, 0.2) is 24.3 Å². The standard InChI is InChI=1S/C30H50O4S/c1-5-7-8-9-10-11-12-13-14-15-21-33-30(32)26(4)24-35-22-20-29(31)34-23-27-16-18-28(19-17-27)25(3)6-2/h16-19,25-26H,5-15,20-24H2,1-4H3. The maximum atomic E-state index is 12.1. The van der Waals surface area contributed by atoms with Gasteiger partial charge in [-0.1, -0.05) is 110 Å². The number of unbranched alkanes of at least 4 members (excludes halogenated alkanes) is 9. The van der Waals surface area contributed by atoms with E-state index in [0.717, 1.165) is 24.8 Å². The van der Waals surface area contributed by atoms with E-state index >= 15 is 0 Å². The number of ether oxygens (including phenoxy) is 2. The van der Waals surface area contributed by atoms with Gasteiger partial charge in [0.05, 0.1) is 18.9 Å². The van der Waals surface area contributed by atoms with Crippen molar-refractivity contribution in [2.75, 3.05) is 18.1 Å². The summed E-state index contributed by atoms with van der Waals surface area (Å²) in [7, 11) is 0.